The summed E-state index contributed by atoms with van der Waals surface area (Å²) in [6.07, 6.45) is 2.38. The largest absolute Gasteiger partial charge is 0.768 e. The number of carbonyl (C=O) groups is 1. The number of hydrogen-bond acceptors (Lipinski definition) is 3. The molecule has 1 unspecified atom stereocenters. The van der Waals surface area contributed by atoms with E-state index in [1.807, 2.05) is 0 Å². The molecule has 15 heavy (non-hydrogen) atoms. The standard InChI is InChI=1S/C10H10O4S/c11-10(12)7-4-6-2-1-3-8(6)9(5-7)15(13)14/h4-5H,1-3H2,(H,11,12)(H,13,14)/p-1. The summed E-state index contributed by atoms with van der Waals surface area (Å²) in [5.74, 6) is -1.09. The maximum Gasteiger partial charge on any atom is 0.335 e. The maximum absolute atomic E-state index is 10.9. The first-order valence-corrected chi connectivity index (χ1v) is 5.65. The Morgan fingerprint density at radius 1 is 1.40 bits per heavy atom. The van der Waals surface area contributed by atoms with Gasteiger partial charge >= 0.3 is 5.97 Å². The SMILES string of the molecule is O=C(O)c1cc2c(c(S(=O)[O-])c1)CCC2. The Labute approximate surface area is 89.2 Å². The van der Waals surface area contributed by atoms with Gasteiger partial charge in [0.15, 0.2) is 0 Å². The molecule has 5 heteroatoms. The molecular weight excluding hydrogens is 216 g/mol. The topological polar surface area (TPSA) is 77.4 Å². The van der Waals surface area contributed by atoms with Gasteiger partial charge in [-0.3, -0.25) is 4.21 Å². The summed E-state index contributed by atoms with van der Waals surface area (Å²) in [7, 11) is 0. The second-order valence-electron chi connectivity index (χ2n) is 3.51. The van der Waals surface area contributed by atoms with Crippen molar-refractivity contribution >= 4 is 17.0 Å². The molecule has 0 saturated heterocycles. The fourth-order valence-corrected chi connectivity index (χ4v) is 2.60. The van der Waals surface area contributed by atoms with Crippen molar-refractivity contribution in [3.63, 3.8) is 0 Å². The third kappa shape index (κ3) is 1.80. The van der Waals surface area contributed by atoms with Gasteiger partial charge in [-0.1, -0.05) is 0 Å². The van der Waals surface area contributed by atoms with Crippen LogP contribution in [0.4, 0.5) is 0 Å². The Hall–Kier alpha value is -1.20. The zero-order valence-corrected chi connectivity index (χ0v) is 8.67. The zero-order valence-electron chi connectivity index (χ0n) is 7.86. The summed E-state index contributed by atoms with van der Waals surface area (Å²) >= 11 is -2.35. The van der Waals surface area contributed by atoms with Crippen LogP contribution in [0.15, 0.2) is 17.0 Å². The van der Waals surface area contributed by atoms with Gasteiger partial charge in [0.2, 0.25) is 0 Å². The van der Waals surface area contributed by atoms with Crippen LogP contribution in [0.3, 0.4) is 0 Å². The van der Waals surface area contributed by atoms with E-state index in [1.165, 1.54) is 6.07 Å². The molecule has 0 aromatic heterocycles. The summed E-state index contributed by atoms with van der Waals surface area (Å²) < 4.78 is 21.9. The van der Waals surface area contributed by atoms with E-state index < -0.39 is 17.0 Å². The van der Waals surface area contributed by atoms with E-state index in [9.17, 15) is 13.6 Å². The van der Waals surface area contributed by atoms with Crippen LogP contribution in [-0.4, -0.2) is 19.8 Å². The van der Waals surface area contributed by atoms with Gasteiger partial charge in [0, 0.05) is 4.90 Å². The summed E-state index contributed by atoms with van der Waals surface area (Å²) in [6.45, 7) is 0. The van der Waals surface area contributed by atoms with Gasteiger partial charge in [-0.2, -0.15) is 0 Å². The third-order valence-electron chi connectivity index (χ3n) is 2.60. The van der Waals surface area contributed by atoms with E-state index in [-0.39, 0.29) is 10.5 Å². The van der Waals surface area contributed by atoms with E-state index in [0.717, 1.165) is 30.4 Å². The maximum atomic E-state index is 10.9. The molecular formula is C10H9O4S-. The smallest absolute Gasteiger partial charge is 0.335 e. The first-order valence-electron chi connectivity index (χ1n) is 4.58. The van der Waals surface area contributed by atoms with E-state index >= 15 is 0 Å². The Morgan fingerprint density at radius 2 is 2.13 bits per heavy atom. The monoisotopic (exact) mass is 225 g/mol. The summed E-state index contributed by atoms with van der Waals surface area (Å²) in [4.78, 5) is 10.9. The number of rotatable bonds is 2. The van der Waals surface area contributed by atoms with E-state index in [1.54, 1.807) is 6.07 Å². The lowest BCUT2D eigenvalue weighted by molar-refractivity contribution is 0.0696. The molecule has 0 bridgehead atoms. The molecule has 2 rings (SSSR count). The highest BCUT2D eigenvalue weighted by molar-refractivity contribution is 7.79. The highest BCUT2D eigenvalue weighted by Crippen LogP contribution is 2.28. The minimum Gasteiger partial charge on any atom is -0.768 e. The average molecular weight is 225 g/mol. The van der Waals surface area contributed by atoms with Crippen LogP contribution in [0.5, 0.6) is 0 Å². The van der Waals surface area contributed by atoms with E-state index in [2.05, 4.69) is 0 Å². The van der Waals surface area contributed by atoms with Crippen molar-refractivity contribution in [1.29, 1.82) is 0 Å². The van der Waals surface area contributed by atoms with Crippen LogP contribution in [0.1, 0.15) is 27.9 Å². The molecule has 0 spiro atoms. The molecule has 4 nitrogen and oxygen atoms in total. The minimum absolute atomic E-state index is 0.0508. The zero-order chi connectivity index (χ0) is 11.0. The van der Waals surface area contributed by atoms with Crippen LogP contribution in [0.2, 0.25) is 0 Å². The molecule has 1 aromatic rings. The molecule has 1 aromatic carbocycles. The number of carboxylic acids is 1. The second-order valence-corrected chi connectivity index (χ2v) is 4.41. The van der Waals surface area contributed by atoms with Crippen molar-refractivity contribution < 1.29 is 18.7 Å². The van der Waals surface area contributed by atoms with Gasteiger partial charge in [0.05, 0.1) is 5.56 Å². The first kappa shape index (κ1) is 10.3. The van der Waals surface area contributed by atoms with Gasteiger partial charge in [-0.25, -0.2) is 4.79 Å². The predicted octanol–water partition coefficient (Wildman–Crippen LogP) is 1.11. The van der Waals surface area contributed by atoms with Crippen molar-refractivity contribution in [2.75, 3.05) is 0 Å². The van der Waals surface area contributed by atoms with Crippen molar-refractivity contribution in [2.45, 2.75) is 24.2 Å². The number of hydrogen-bond donors (Lipinski definition) is 1. The van der Waals surface area contributed by atoms with Gasteiger partial charge < -0.3 is 9.66 Å². The fraction of sp³-hybridized carbons (Fsp3) is 0.300. The van der Waals surface area contributed by atoms with Crippen molar-refractivity contribution in [3.05, 3.63) is 28.8 Å². The van der Waals surface area contributed by atoms with Crippen LogP contribution in [0.25, 0.3) is 0 Å². The van der Waals surface area contributed by atoms with E-state index in [0.29, 0.717) is 0 Å². The van der Waals surface area contributed by atoms with Crippen molar-refractivity contribution in [3.8, 4) is 0 Å². The lowest BCUT2D eigenvalue weighted by Crippen LogP contribution is -2.03. The normalized spacial score (nSPS) is 16.1. The van der Waals surface area contributed by atoms with Crippen molar-refractivity contribution in [2.24, 2.45) is 0 Å². The Bertz CT molecular complexity index is 453. The van der Waals surface area contributed by atoms with Gasteiger partial charge in [-0.15, -0.1) is 0 Å². The highest BCUT2D eigenvalue weighted by Gasteiger charge is 2.18. The highest BCUT2D eigenvalue weighted by atomic mass is 32.2. The average Bonchev–Trinajstić information content (AvgIpc) is 2.62. The molecule has 1 aliphatic carbocycles. The Morgan fingerprint density at radius 3 is 2.73 bits per heavy atom. The molecule has 0 amide bonds. The molecule has 1 aliphatic rings. The molecule has 1 atom stereocenters. The van der Waals surface area contributed by atoms with Crippen LogP contribution >= 0.6 is 0 Å². The molecule has 0 fully saturated rings. The molecule has 80 valence electrons. The quantitative estimate of drug-likeness (QED) is 0.765. The molecule has 1 N–H and O–H groups in total. The summed E-state index contributed by atoms with van der Waals surface area (Å²) in [6, 6.07) is 2.80. The van der Waals surface area contributed by atoms with Gasteiger partial charge in [0.1, 0.15) is 0 Å². The van der Waals surface area contributed by atoms with Crippen LogP contribution in [-0.2, 0) is 23.9 Å². The van der Waals surface area contributed by atoms with Gasteiger partial charge in [-0.05, 0) is 53.6 Å². The van der Waals surface area contributed by atoms with Crippen LogP contribution in [0, 0.1) is 0 Å². The molecule has 0 aliphatic heterocycles. The third-order valence-corrected chi connectivity index (χ3v) is 3.32. The molecule has 0 heterocycles. The number of carboxylic acid groups (broad SMARTS) is 1. The van der Waals surface area contributed by atoms with E-state index in [4.69, 9.17) is 5.11 Å². The minimum atomic E-state index is -2.35. The fourth-order valence-electron chi connectivity index (χ4n) is 1.94. The lowest BCUT2D eigenvalue weighted by atomic mass is 10.1. The summed E-state index contributed by atoms with van der Waals surface area (Å²) in [5.41, 5.74) is 1.69. The van der Waals surface area contributed by atoms with Crippen molar-refractivity contribution in [1.82, 2.24) is 0 Å². The number of aromatic carboxylic acids is 1. The molecule has 0 radical (unpaired) electrons. The lowest BCUT2D eigenvalue weighted by Gasteiger charge is -2.12. The number of fused-ring (bicyclic) bond motifs is 1. The molecule has 0 saturated carbocycles. The predicted molar refractivity (Wildman–Crippen MR) is 52.6 cm³/mol. The first-order chi connectivity index (χ1) is 7.09. The second kappa shape index (κ2) is 3.75. The van der Waals surface area contributed by atoms with Crippen LogP contribution < -0.4 is 0 Å². The Kier molecular flexibility index (Phi) is 2.58. The summed E-state index contributed by atoms with van der Waals surface area (Å²) in [5, 5.41) is 8.82. The van der Waals surface area contributed by atoms with Gasteiger partial charge in [0.25, 0.3) is 0 Å². The Balaban J connectivity index is 2.62. The number of benzene rings is 1. The number of aryl methyl sites for hydroxylation is 1.